The van der Waals surface area contributed by atoms with Crippen LogP contribution < -0.4 is 3.12 Å². The van der Waals surface area contributed by atoms with Crippen LogP contribution in [0, 0.1) is 0 Å². The van der Waals surface area contributed by atoms with Crippen molar-refractivity contribution in [3.05, 3.63) is 70.4 Å². The Morgan fingerprint density at radius 1 is 0.706 bits per heavy atom. The van der Waals surface area contributed by atoms with Crippen LogP contribution in [0.25, 0.3) is 0 Å². The molecule has 0 aromatic heterocycles. The van der Waals surface area contributed by atoms with E-state index in [1.807, 2.05) is 0 Å². The van der Waals surface area contributed by atoms with E-state index in [9.17, 15) is 0 Å². The van der Waals surface area contributed by atoms with Gasteiger partial charge in [0, 0.05) is 0 Å². The number of allylic oxidation sites excluding steroid dienone is 2. The summed E-state index contributed by atoms with van der Waals surface area (Å²) in [6.07, 6.45) is 2.38. The third-order valence-electron chi connectivity index (χ3n) is 7.11. The van der Waals surface area contributed by atoms with Crippen molar-refractivity contribution in [3.8, 4) is 0 Å². The molecular weight excluding hydrogens is 519 g/mol. The molecule has 34 heavy (non-hydrogen) atoms. The molecule has 0 unspecified atom stereocenters. The zero-order valence-electron chi connectivity index (χ0n) is 23.5. The zero-order valence-corrected chi connectivity index (χ0v) is 26.3. The summed E-state index contributed by atoms with van der Waals surface area (Å²) in [5.74, 6) is 1.94. The van der Waals surface area contributed by atoms with Crippen molar-refractivity contribution in [1.29, 1.82) is 0 Å². The molecule has 0 radical (unpaired) electrons. The molecule has 2 aromatic carbocycles. The Bertz CT molecular complexity index is 1030. The van der Waals surface area contributed by atoms with Crippen LogP contribution in [0.2, 0.25) is 14.3 Å². The summed E-state index contributed by atoms with van der Waals surface area (Å²) in [4.78, 5) is 10.6. The minimum atomic E-state index is -2.76. The van der Waals surface area contributed by atoms with Gasteiger partial charge in [-0.05, 0) is 0 Å². The molecule has 1 heterocycles. The van der Waals surface area contributed by atoms with Gasteiger partial charge in [-0.15, -0.1) is 0 Å². The van der Waals surface area contributed by atoms with Gasteiger partial charge in [0.15, 0.2) is 0 Å². The second kappa shape index (κ2) is 10.6. The maximum absolute atomic E-state index is 5.42. The normalized spacial score (nSPS) is 17.4. The molecular formula is C31H46N2Sn. The molecule has 2 nitrogen and oxygen atoms in total. The molecule has 2 aromatic rings. The van der Waals surface area contributed by atoms with Gasteiger partial charge in [-0.2, -0.15) is 0 Å². The molecule has 1 aliphatic heterocycles. The molecule has 1 aliphatic rings. The second-order valence-corrected chi connectivity index (χ2v) is 24.5. The van der Waals surface area contributed by atoms with E-state index in [4.69, 9.17) is 4.99 Å². The number of benzene rings is 2. The molecule has 0 fully saturated rings. The zero-order chi connectivity index (χ0) is 25.4. The van der Waals surface area contributed by atoms with Crippen LogP contribution in [0.5, 0.6) is 0 Å². The maximum atomic E-state index is 5.42. The van der Waals surface area contributed by atoms with Gasteiger partial charge < -0.3 is 0 Å². The Morgan fingerprint density at radius 2 is 1.12 bits per heavy atom. The Balaban J connectivity index is 2.20. The average Bonchev–Trinajstić information content (AvgIpc) is 2.72. The van der Waals surface area contributed by atoms with Gasteiger partial charge in [0.25, 0.3) is 0 Å². The molecule has 184 valence electrons. The van der Waals surface area contributed by atoms with E-state index in [1.165, 1.54) is 45.0 Å². The van der Waals surface area contributed by atoms with E-state index in [2.05, 4.69) is 118 Å². The van der Waals surface area contributed by atoms with Crippen molar-refractivity contribution >= 4 is 35.7 Å². The number of rotatable bonds is 6. The number of para-hydroxylation sites is 2. The summed E-state index contributed by atoms with van der Waals surface area (Å²) >= 11 is -2.76. The Kier molecular flexibility index (Phi) is 8.43. The van der Waals surface area contributed by atoms with Crippen molar-refractivity contribution in [2.45, 2.75) is 100 Å². The second-order valence-electron chi connectivity index (χ2n) is 11.9. The monoisotopic (exact) mass is 566 g/mol. The SMILES string of the molecule is CC1=CC(=Nc2c(C(C)C)cccc2C(C)C)[CH2][Sn]([CH3])([CH3])[N]1c1c(C(C)C)cccc1C(C)C. The summed E-state index contributed by atoms with van der Waals surface area (Å²) in [5, 5.41) is 0. The molecule has 0 saturated heterocycles. The Hall–Kier alpha value is -1.55. The fourth-order valence-corrected chi connectivity index (χ4v) is 14.3. The summed E-state index contributed by atoms with van der Waals surface area (Å²) < 4.78 is 3.93. The van der Waals surface area contributed by atoms with Gasteiger partial charge in [-0.1, -0.05) is 0 Å². The van der Waals surface area contributed by atoms with Gasteiger partial charge in [-0.25, -0.2) is 0 Å². The first-order valence-electron chi connectivity index (χ1n) is 13.2. The first-order chi connectivity index (χ1) is 15.8. The number of nitrogens with zero attached hydrogens (tertiary/aromatic N) is 2. The summed E-state index contributed by atoms with van der Waals surface area (Å²) in [6.45, 7) is 20.8. The third-order valence-corrected chi connectivity index (χ3v) is 15.7. The van der Waals surface area contributed by atoms with Gasteiger partial charge in [0.05, 0.1) is 0 Å². The summed E-state index contributed by atoms with van der Waals surface area (Å²) in [5.41, 5.74) is 11.1. The molecule has 0 spiro atoms. The van der Waals surface area contributed by atoms with E-state index >= 15 is 0 Å². The summed E-state index contributed by atoms with van der Waals surface area (Å²) in [7, 11) is 0. The first-order valence-corrected chi connectivity index (χ1v) is 22.2. The molecule has 0 aliphatic carbocycles. The minimum absolute atomic E-state index is 0.464. The molecule has 0 saturated carbocycles. The molecule has 0 amide bonds. The van der Waals surface area contributed by atoms with Crippen LogP contribution in [0.4, 0.5) is 11.4 Å². The van der Waals surface area contributed by atoms with Crippen LogP contribution in [-0.4, -0.2) is 24.4 Å². The van der Waals surface area contributed by atoms with Crippen LogP contribution in [0.3, 0.4) is 0 Å². The van der Waals surface area contributed by atoms with Gasteiger partial charge in [0.2, 0.25) is 0 Å². The van der Waals surface area contributed by atoms with Crippen LogP contribution in [0.15, 0.2) is 53.2 Å². The average molecular weight is 565 g/mol. The fraction of sp³-hybridized carbons (Fsp3) is 0.516. The van der Waals surface area contributed by atoms with Crippen molar-refractivity contribution in [2.75, 3.05) is 3.12 Å². The Morgan fingerprint density at radius 3 is 1.50 bits per heavy atom. The molecule has 0 N–H and O–H groups in total. The van der Waals surface area contributed by atoms with E-state index < -0.39 is 18.7 Å². The van der Waals surface area contributed by atoms with Crippen molar-refractivity contribution in [2.24, 2.45) is 4.99 Å². The van der Waals surface area contributed by atoms with Gasteiger partial charge in [-0.3, -0.25) is 0 Å². The third kappa shape index (κ3) is 5.47. The van der Waals surface area contributed by atoms with E-state index in [0.717, 1.165) is 4.44 Å². The number of aliphatic imine (C=N–C) groups is 1. The summed E-state index contributed by atoms with van der Waals surface area (Å²) in [6, 6.07) is 13.7. The van der Waals surface area contributed by atoms with Gasteiger partial charge >= 0.3 is 215 Å². The molecule has 0 bridgehead atoms. The van der Waals surface area contributed by atoms with E-state index in [-0.39, 0.29) is 0 Å². The molecule has 3 heteroatoms. The van der Waals surface area contributed by atoms with Crippen LogP contribution in [0.1, 0.15) is 108 Å². The van der Waals surface area contributed by atoms with Crippen molar-refractivity contribution in [1.82, 2.24) is 0 Å². The number of hydrogen-bond donors (Lipinski definition) is 0. The van der Waals surface area contributed by atoms with Crippen LogP contribution >= 0.6 is 0 Å². The van der Waals surface area contributed by atoms with Crippen LogP contribution in [-0.2, 0) is 0 Å². The number of hydrogen-bond acceptors (Lipinski definition) is 2. The van der Waals surface area contributed by atoms with Gasteiger partial charge in [0.1, 0.15) is 0 Å². The van der Waals surface area contributed by atoms with E-state index in [1.54, 1.807) is 0 Å². The Labute approximate surface area is 213 Å². The van der Waals surface area contributed by atoms with Crippen molar-refractivity contribution < 1.29 is 0 Å². The standard InChI is InChI=1S/C29H40N2.2CH3.Sn/c1-18(2)24-13-11-14-25(19(3)4)28(24)30-22(9)17-23(10)31-29-26(20(5)6)15-12-16-27(29)21(7)8;;;/h11-21H,9H2,1-8,10H3;2*1H3;/q-1;;;+1. The van der Waals surface area contributed by atoms with Crippen molar-refractivity contribution in [3.63, 3.8) is 0 Å². The number of anilines is 1. The molecule has 3 rings (SSSR count). The quantitative estimate of drug-likeness (QED) is 0.319. The fourth-order valence-electron chi connectivity index (χ4n) is 5.46. The molecule has 0 atom stereocenters. The first kappa shape index (κ1) is 27.0. The predicted octanol–water partition coefficient (Wildman–Crippen LogP) is 9.88. The topological polar surface area (TPSA) is 15.6 Å². The predicted molar refractivity (Wildman–Crippen MR) is 155 cm³/mol. The van der Waals surface area contributed by atoms with E-state index in [0.29, 0.717) is 23.7 Å².